The van der Waals surface area contributed by atoms with E-state index in [2.05, 4.69) is 17.2 Å². The second-order valence-corrected chi connectivity index (χ2v) is 4.20. The second kappa shape index (κ2) is 5.64. The van der Waals surface area contributed by atoms with Gasteiger partial charge >= 0.3 is 0 Å². The highest BCUT2D eigenvalue weighted by Crippen LogP contribution is 2.06. The first-order chi connectivity index (χ1) is 8.25. The van der Waals surface area contributed by atoms with Crippen LogP contribution in [0.3, 0.4) is 0 Å². The van der Waals surface area contributed by atoms with Gasteiger partial charge in [0.2, 0.25) is 0 Å². The molecule has 4 heteroatoms. The predicted octanol–water partition coefficient (Wildman–Crippen LogP) is 2.89. The number of nitrogens with zero attached hydrogens (tertiary/aromatic N) is 2. The van der Waals surface area contributed by atoms with Gasteiger partial charge in [0.25, 0.3) is 5.24 Å². The van der Waals surface area contributed by atoms with Crippen LogP contribution >= 0.6 is 11.6 Å². The zero-order chi connectivity index (χ0) is 12.1. The van der Waals surface area contributed by atoms with Crippen LogP contribution in [0.4, 0.5) is 0 Å². The first-order valence-electron chi connectivity index (χ1n) is 5.52. The molecule has 17 heavy (non-hydrogen) atoms. The van der Waals surface area contributed by atoms with E-state index in [0.29, 0.717) is 5.56 Å². The minimum Gasteiger partial charge on any atom is -0.275 e. The Morgan fingerprint density at radius 3 is 2.71 bits per heavy atom. The number of aromatic nitrogens is 2. The van der Waals surface area contributed by atoms with Gasteiger partial charge in [-0.25, -0.2) is 0 Å². The first-order valence-corrected chi connectivity index (χ1v) is 5.90. The van der Waals surface area contributed by atoms with Gasteiger partial charge in [-0.3, -0.25) is 9.48 Å². The standard InChI is InChI=1S/C13H13ClN2O/c14-13(17)12-9-15-16(10-12)8-4-7-11-5-2-1-3-6-11/h1-3,5-6,9-10H,4,7-8H2. The molecule has 0 aliphatic heterocycles. The van der Waals surface area contributed by atoms with Crippen molar-refractivity contribution >= 4 is 16.8 Å². The minimum absolute atomic E-state index is 0.450. The van der Waals surface area contributed by atoms with Gasteiger partial charge in [-0.2, -0.15) is 5.10 Å². The van der Waals surface area contributed by atoms with Gasteiger partial charge in [0.1, 0.15) is 0 Å². The van der Waals surface area contributed by atoms with Crippen molar-refractivity contribution in [1.82, 2.24) is 9.78 Å². The number of benzene rings is 1. The summed E-state index contributed by atoms with van der Waals surface area (Å²) >= 11 is 5.35. The Hall–Kier alpha value is -1.61. The quantitative estimate of drug-likeness (QED) is 0.763. The molecule has 0 unspecified atom stereocenters. The fourth-order valence-corrected chi connectivity index (χ4v) is 1.77. The predicted molar refractivity (Wildman–Crippen MR) is 67.2 cm³/mol. The highest BCUT2D eigenvalue weighted by Gasteiger charge is 2.04. The van der Waals surface area contributed by atoms with Gasteiger partial charge in [0, 0.05) is 12.7 Å². The Morgan fingerprint density at radius 1 is 1.29 bits per heavy atom. The summed E-state index contributed by atoms with van der Waals surface area (Å²) in [5.74, 6) is 0. The molecule has 0 bridgehead atoms. The lowest BCUT2D eigenvalue weighted by atomic mass is 10.1. The summed E-state index contributed by atoms with van der Waals surface area (Å²) in [6, 6.07) is 10.3. The van der Waals surface area contributed by atoms with E-state index in [1.165, 1.54) is 11.8 Å². The van der Waals surface area contributed by atoms with Crippen molar-refractivity contribution in [3.8, 4) is 0 Å². The van der Waals surface area contributed by atoms with Crippen molar-refractivity contribution in [2.24, 2.45) is 0 Å². The molecule has 1 heterocycles. The van der Waals surface area contributed by atoms with E-state index in [1.54, 1.807) is 10.9 Å². The van der Waals surface area contributed by atoms with Crippen molar-refractivity contribution in [3.05, 3.63) is 53.9 Å². The summed E-state index contributed by atoms with van der Waals surface area (Å²) in [6.45, 7) is 0.791. The van der Waals surface area contributed by atoms with Crippen LogP contribution < -0.4 is 0 Å². The Kier molecular flexibility index (Phi) is 3.94. The molecule has 88 valence electrons. The van der Waals surface area contributed by atoms with Gasteiger partial charge in [0.05, 0.1) is 11.8 Å². The van der Waals surface area contributed by atoms with Crippen molar-refractivity contribution in [2.45, 2.75) is 19.4 Å². The molecule has 2 rings (SSSR count). The number of aryl methyl sites for hydroxylation is 2. The van der Waals surface area contributed by atoms with Crippen LogP contribution in [0.2, 0.25) is 0 Å². The molecule has 0 saturated carbocycles. The molecule has 0 fully saturated rings. The van der Waals surface area contributed by atoms with Crippen LogP contribution in [0.25, 0.3) is 0 Å². The van der Waals surface area contributed by atoms with E-state index in [-0.39, 0.29) is 0 Å². The Labute approximate surface area is 105 Å². The van der Waals surface area contributed by atoms with E-state index >= 15 is 0 Å². The van der Waals surface area contributed by atoms with Gasteiger partial charge < -0.3 is 0 Å². The third-order valence-electron chi connectivity index (χ3n) is 2.56. The lowest BCUT2D eigenvalue weighted by Crippen LogP contribution is -2.00. The number of hydrogen-bond donors (Lipinski definition) is 0. The molecule has 0 amide bonds. The molecule has 1 aromatic heterocycles. The van der Waals surface area contributed by atoms with E-state index < -0.39 is 5.24 Å². The van der Waals surface area contributed by atoms with Crippen LogP contribution in [0.15, 0.2) is 42.7 Å². The Morgan fingerprint density at radius 2 is 2.06 bits per heavy atom. The third-order valence-corrected chi connectivity index (χ3v) is 2.77. The fraction of sp³-hybridized carbons (Fsp3) is 0.231. The SMILES string of the molecule is O=C(Cl)c1cnn(CCCc2ccccc2)c1. The van der Waals surface area contributed by atoms with Gasteiger partial charge in [0.15, 0.2) is 0 Å². The van der Waals surface area contributed by atoms with Crippen LogP contribution in [-0.4, -0.2) is 15.0 Å². The molecule has 0 saturated heterocycles. The zero-order valence-electron chi connectivity index (χ0n) is 9.34. The molecular weight excluding hydrogens is 236 g/mol. The van der Waals surface area contributed by atoms with E-state index in [1.807, 2.05) is 18.2 Å². The number of halogens is 1. The van der Waals surface area contributed by atoms with Gasteiger partial charge in [-0.15, -0.1) is 0 Å². The second-order valence-electron chi connectivity index (χ2n) is 3.85. The van der Waals surface area contributed by atoms with Crippen LogP contribution in [-0.2, 0) is 13.0 Å². The van der Waals surface area contributed by atoms with Crippen molar-refractivity contribution in [2.75, 3.05) is 0 Å². The molecule has 0 aliphatic rings. The highest BCUT2D eigenvalue weighted by atomic mass is 35.5. The molecule has 0 atom stereocenters. The average molecular weight is 249 g/mol. The van der Waals surface area contributed by atoms with E-state index in [4.69, 9.17) is 11.6 Å². The molecule has 2 aromatic rings. The molecule has 0 aliphatic carbocycles. The summed E-state index contributed by atoms with van der Waals surface area (Å²) in [5.41, 5.74) is 1.76. The lowest BCUT2D eigenvalue weighted by Gasteiger charge is -2.01. The first kappa shape index (κ1) is 11.9. The van der Waals surface area contributed by atoms with Crippen molar-refractivity contribution < 1.29 is 4.79 Å². The van der Waals surface area contributed by atoms with Crippen molar-refractivity contribution in [1.29, 1.82) is 0 Å². The summed E-state index contributed by atoms with van der Waals surface area (Å²) in [4.78, 5) is 10.9. The monoisotopic (exact) mass is 248 g/mol. The van der Waals surface area contributed by atoms with Crippen LogP contribution in [0, 0.1) is 0 Å². The maximum Gasteiger partial charge on any atom is 0.255 e. The summed E-state index contributed by atoms with van der Waals surface area (Å²) < 4.78 is 1.75. The molecular formula is C13H13ClN2O. The molecule has 0 N–H and O–H groups in total. The number of hydrogen-bond acceptors (Lipinski definition) is 2. The minimum atomic E-state index is -0.459. The number of carbonyl (C=O) groups excluding carboxylic acids is 1. The van der Waals surface area contributed by atoms with E-state index in [9.17, 15) is 4.79 Å². The molecule has 0 spiro atoms. The van der Waals surface area contributed by atoms with E-state index in [0.717, 1.165) is 19.4 Å². The lowest BCUT2D eigenvalue weighted by molar-refractivity contribution is 0.108. The summed E-state index contributed by atoms with van der Waals surface area (Å²) in [5, 5.41) is 3.62. The third kappa shape index (κ3) is 3.43. The summed E-state index contributed by atoms with van der Waals surface area (Å²) in [7, 11) is 0. The zero-order valence-corrected chi connectivity index (χ0v) is 10.1. The Balaban J connectivity index is 1.84. The highest BCUT2D eigenvalue weighted by molar-refractivity contribution is 6.67. The normalized spacial score (nSPS) is 10.4. The van der Waals surface area contributed by atoms with Gasteiger partial charge in [-0.1, -0.05) is 30.3 Å². The molecule has 3 nitrogen and oxygen atoms in total. The van der Waals surface area contributed by atoms with Gasteiger partial charge in [-0.05, 0) is 30.0 Å². The van der Waals surface area contributed by atoms with Crippen LogP contribution in [0.1, 0.15) is 22.3 Å². The fourth-order valence-electron chi connectivity index (χ4n) is 1.68. The maximum atomic E-state index is 10.9. The smallest absolute Gasteiger partial charge is 0.255 e. The average Bonchev–Trinajstić information content (AvgIpc) is 2.79. The number of carbonyl (C=O) groups is 1. The molecule has 0 radical (unpaired) electrons. The number of rotatable bonds is 5. The van der Waals surface area contributed by atoms with Crippen molar-refractivity contribution in [3.63, 3.8) is 0 Å². The van der Waals surface area contributed by atoms with Crippen LogP contribution in [0.5, 0.6) is 0 Å². The Bertz CT molecular complexity index is 493. The largest absolute Gasteiger partial charge is 0.275 e. The maximum absolute atomic E-state index is 10.9. The molecule has 1 aromatic carbocycles. The topological polar surface area (TPSA) is 34.9 Å². The summed E-state index contributed by atoms with van der Waals surface area (Å²) in [6.07, 6.45) is 5.17.